The molecule has 0 spiro atoms. The Balaban J connectivity index is 4.92. The molecule has 0 aliphatic carbocycles. The van der Waals surface area contributed by atoms with Crippen molar-refractivity contribution >= 4 is 17.9 Å². The lowest BCUT2D eigenvalue weighted by atomic mass is 9.69. The predicted molar refractivity (Wildman–Crippen MR) is 131 cm³/mol. The second kappa shape index (κ2) is 12.7. The molecule has 0 unspecified atom stereocenters. The largest absolute Gasteiger partial charge is 0.464 e. The lowest BCUT2D eigenvalue weighted by Crippen LogP contribution is -2.41. The number of esters is 3. The summed E-state index contributed by atoms with van der Waals surface area (Å²) >= 11 is 0. The van der Waals surface area contributed by atoms with Gasteiger partial charge in [-0.25, -0.2) is 0 Å². The molecule has 0 rings (SSSR count). The average molecular weight is 472 g/mol. The normalized spacial score (nSPS) is 13.1. The van der Waals surface area contributed by atoms with Crippen molar-refractivity contribution < 1.29 is 28.6 Å². The van der Waals surface area contributed by atoms with Crippen molar-refractivity contribution in [2.75, 3.05) is 39.5 Å². The van der Waals surface area contributed by atoms with Gasteiger partial charge in [0, 0.05) is 19.6 Å². The Kier molecular flexibility index (Phi) is 12.1. The summed E-state index contributed by atoms with van der Waals surface area (Å²) in [6, 6.07) is 0. The van der Waals surface area contributed by atoms with Gasteiger partial charge in [0.1, 0.15) is 19.8 Å². The molecule has 0 saturated heterocycles. The lowest BCUT2D eigenvalue weighted by Gasteiger charge is -2.36. The molecule has 0 radical (unpaired) electrons. The molecule has 0 aromatic heterocycles. The molecule has 0 amide bonds. The molecule has 0 aliphatic rings. The first-order chi connectivity index (χ1) is 14.9. The van der Waals surface area contributed by atoms with Gasteiger partial charge in [-0.3, -0.25) is 19.3 Å². The SMILES string of the molecule is CCC(C)(C)C(=O)OCCN(CCOC(=O)C(C)(C)CC)CCOC(=O)C(C)(C)C(C)(C)C. The Morgan fingerprint density at radius 3 is 1.15 bits per heavy atom. The fourth-order valence-electron chi connectivity index (χ4n) is 2.30. The molecule has 33 heavy (non-hydrogen) atoms. The average Bonchev–Trinajstić information content (AvgIpc) is 2.71. The van der Waals surface area contributed by atoms with E-state index < -0.39 is 16.2 Å². The summed E-state index contributed by atoms with van der Waals surface area (Å²) in [5.41, 5.74) is -1.91. The molecule has 0 bridgehead atoms. The highest BCUT2D eigenvalue weighted by atomic mass is 16.5. The van der Waals surface area contributed by atoms with Gasteiger partial charge < -0.3 is 14.2 Å². The number of carbonyl (C=O) groups is 3. The van der Waals surface area contributed by atoms with E-state index >= 15 is 0 Å². The van der Waals surface area contributed by atoms with E-state index in [1.54, 1.807) is 0 Å². The molecule has 194 valence electrons. The molecular formula is C26H49NO6. The molecule has 7 heteroatoms. The lowest BCUT2D eigenvalue weighted by molar-refractivity contribution is -0.160. The summed E-state index contributed by atoms with van der Waals surface area (Å²) in [6.45, 7) is 23.2. The molecule has 0 atom stereocenters. The minimum atomic E-state index is -0.625. The van der Waals surface area contributed by atoms with Crippen LogP contribution in [0.1, 0.15) is 89.0 Å². The second-order valence-electron chi connectivity index (χ2n) is 11.6. The standard InChI is InChI=1S/C26H49NO6/c1-12-24(6,7)20(28)31-17-14-27(15-18-32-21(29)25(8,9)13-2)16-19-33-22(30)26(10,11)23(3,4)5/h12-19H2,1-11H3. The van der Waals surface area contributed by atoms with Crippen LogP contribution in [0.15, 0.2) is 0 Å². The van der Waals surface area contributed by atoms with Crippen LogP contribution in [0.4, 0.5) is 0 Å². The van der Waals surface area contributed by atoms with Crippen LogP contribution in [0.5, 0.6) is 0 Å². The Hall–Kier alpha value is -1.63. The molecule has 0 fully saturated rings. The van der Waals surface area contributed by atoms with Crippen LogP contribution in [0.2, 0.25) is 0 Å². The first kappa shape index (κ1) is 31.4. The van der Waals surface area contributed by atoms with E-state index in [2.05, 4.69) is 0 Å². The highest BCUT2D eigenvalue weighted by molar-refractivity contribution is 5.77. The molecule has 0 N–H and O–H groups in total. The van der Waals surface area contributed by atoms with E-state index in [1.165, 1.54) is 0 Å². The molecule has 0 aromatic rings. The zero-order chi connectivity index (χ0) is 26.1. The monoisotopic (exact) mass is 471 g/mol. The number of hydrogen-bond acceptors (Lipinski definition) is 7. The maximum absolute atomic E-state index is 12.6. The minimum Gasteiger partial charge on any atom is -0.464 e. The van der Waals surface area contributed by atoms with Gasteiger partial charge in [-0.1, -0.05) is 34.6 Å². The van der Waals surface area contributed by atoms with Crippen LogP contribution in [-0.4, -0.2) is 62.3 Å². The molecular weight excluding hydrogens is 422 g/mol. The van der Waals surface area contributed by atoms with E-state index in [0.717, 1.165) is 0 Å². The Morgan fingerprint density at radius 2 is 0.879 bits per heavy atom. The Bertz CT molecular complexity index is 612. The summed E-state index contributed by atoms with van der Waals surface area (Å²) in [7, 11) is 0. The first-order valence-corrected chi connectivity index (χ1v) is 12.2. The number of carbonyl (C=O) groups excluding carboxylic acids is 3. The van der Waals surface area contributed by atoms with Crippen molar-refractivity contribution in [2.45, 2.75) is 89.0 Å². The molecule has 7 nitrogen and oxygen atoms in total. The fraction of sp³-hybridized carbons (Fsp3) is 0.885. The van der Waals surface area contributed by atoms with Gasteiger partial charge in [0.05, 0.1) is 16.2 Å². The van der Waals surface area contributed by atoms with Gasteiger partial charge >= 0.3 is 17.9 Å². The third-order valence-corrected chi connectivity index (χ3v) is 7.18. The summed E-state index contributed by atoms with van der Waals surface area (Å²) in [5.74, 6) is -0.721. The van der Waals surface area contributed by atoms with Crippen molar-refractivity contribution in [2.24, 2.45) is 21.7 Å². The maximum Gasteiger partial charge on any atom is 0.312 e. The minimum absolute atomic E-state index is 0.209. The van der Waals surface area contributed by atoms with E-state index in [1.807, 2.05) is 81.1 Å². The van der Waals surface area contributed by atoms with Crippen molar-refractivity contribution in [3.63, 3.8) is 0 Å². The molecule has 0 aromatic carbocycles. The van der Waals surface area contributed by atoms with Gasteiger partial charge in [0.15, 0.2) is 0 Å². The van der Waals surface area contributed by atoms with Gasteiger partial charge in [-0.05, 0) is 59.8 Å². The number of nitrogens with zero attached hydrogens (tertiary/aromatic N) is 1. The Labute approximate surface area is 201 Å². The van der Waals surface area contributed by atoms with Gasteiger partial charge in [0.25, 0.3) is 0 Å². The predicted octanol–water partition coefficient (Wildman–Crippen LogP) is 4.86. The van der Waals surface area contributed by atoms with E-state index in [0.29, 0.717) is 32.5 Å². The van der Waals surface area contributed by atoms with Gasteiger partial charge in [0.2, 0.25) is 0 Å². The van der Waals surface area contributed by atoms with Crippen LogP contribution in [0, 0.1) is 21.7 Å². The highest BCUT2D eigenvalue weighted by Crippen LogP contribution is 2.38. The molecule has 0 saturated carbocycles. The number of ether oxygens (including phenoxy) is 3. The quantitative estimate of drug-likeness (QED) is 0.264. The van der Waals surface area contributed by atoms with Crippen LogP contribution in [-0.2, 0) is 28.6 Å². The smallest absolute Gasteiger partial charge is 0.312 e. The summed E-state index contributed by atoms with van der Waals surface area (Å²) < 4.78 is 16.5. The van der Waals surface area contributed by atoms with E-state index in [9.17, 15) is 14.4 Å². The summed E-state index contributed by atoms with van der Waals surface area (Å²) in [6.07, 6.45) is 1.39. The van der Waals surface area contributed by atoms with E-state index in [-0.39, 0.29) is 43.1 Å². The first-order valence-electron chi connectivity index (χ1n) is 12.2. The molecule has 0 heterocycles. The third-order valence-electron chi connectivity index (χ3n) is 7.18. The molecule has 0 aliphatic heterocycles. The van der Waals surface area contributed by atoms with Crippen LogP contribution < -0.4 is 0 Å². The van der Waals surface area contributed by atoms with Crippen molar-refractivity contribution in [1.29, 1.82) is 0 Å². The van der Waals surface area contributed by atoms with Crippen molar-refractivity contribution in [3.05, 3.63) is 0 Å². The van der Waals surface area contributed by atoms with Gasteiger partial charge in [-0.2, -0.15) is 0 Å². The van der Waals surface area contributed by atoms with E-state index in [4.69, 9.17) is 14.2 Å². The highest BCUT2D eigenvalue weighted by Gasteiger charge is 2.41. The Morgan fingerprint density at radius 1 is 0.576 bits per heavy atom. The zero-order valence-electron chi connectivity index (χ0n) is 23.1. The second-order valence-corrected chi connectivity index (χ2v) is 11.6. The van der Waals surface area contributed by atoms with Crippen LogP contribution in [0.25, 0.3) is 0 Å². The topological polar surface area (TPSA) is 82.1 Å². The summed E-state index contributed by atoms with van der Waals surface area (Å²) in [5, 5.41) is 0. The van der Waals surface area contributed by atoms with Crippen molar-refractivity contribution in [3.8, 4) is 0 Å². The maximum atomic E-state index is 12.6. The number of hydrogen-bond donors (Lipinski definition) is 0. The fourth-order valence-corrected chi connectivity index (χ4v) is 2.30. The van der Waals surface area contributed by atoms with Crippen LogP contribution in [0.3, 0.4) is 0 Å². The van der Waals surface area contributed by atoms with Gasteiger partial charge in [-0.15, -0.1) is 0 Å². The summed E-state index contributed by atoms with van der Waals surface area (Å²) in [4.78, 5) is 39.1. The van der Waals surface area contributed by atoms with Crippen molar-refractivity contribution in [1.82, 2.24) is 4.90 Å². The van der Waals surface area contributed by atoms with Crippen LogP contribution >= 0.6 is 0 Å². The number of rotatable bonds is 14. The zero-order valence-corrected chi connectivity index (χ0v) is 23.1. The third kappa shape index (κ3) is 10.0.